The van der Waals surface area contributed by atoms with Gasteiger partial charge in [-0.1, -0.05) is 0 Å². The third kappa shape index (κ3) is 3.84. The van der Waals surface area contributed by atoms with E-state index in [9.17, 15) is 9.59 Å². The zero-order chi connectivity index (χ0) is 9.56. The third-order valence-electron chi connectivity index (χ3n) is 1.04. The first-order valence-corrected chi connectivity index (χ1v) is 3.39. The number of nitrogens with one attached hydrogen (secondary N) is 2. The van der Waals surface area contributed by atoms with Crippen molar-refractivity contribution in [2.24, 2.45) is 0 Å². The first-order chi connectivity index (χ1) is 5.61. The quantitative estimate of drug-likeness (QED) is 0.254. The van der Waals surface area contributed by atoms with Gasteiger partial charge in [-0.2, -0.15) is 0 Å². The normalized spacial score (nSPS) is 11.4. The minimum atomic E-state index is -1.21. The molecule has 0 saturated heterocycles. The highest BCUT2D eigenvalue weighted by atomic mass is 32.1. The maximum Gasteiger partial charge on any atom is 0.326 e. The van der Waals surface area contributed by atoms with Crippen LogP contribution in [0.3, 0.4) is 0 Å². The lowest BCUT2D eigenvalue weighted by atomic mass is 10.2. The average molecular weight is 192 g/mol. The monoisotopic (exact) mass is 192 g/mol. The Kier molecular flexibility index (Phi) is 4.89. The standard InChI is InChI=1S/C5H8N2O4S/c8-2-1-3(4(9)10)6-5(12)7-11/h2-3,11H,1H2,(H,9,10)(H2,6,7,12). The van der Waals surface area contributed by atoms with Crippen molar-refractivity contribution in [1.29, 1.82) is 0 Å². The van der Waals surface area contributed by atoms with E-state index in [1.54, 1.807) is 5.48 Å². The van der Waals surface area contributed by atoms with Gasteiger partial charge in [0, 0.05) is 6.42 Å². The van der Waals surface area contributed by atoms with Gasteiger partial charge < -0.3 is 15.2 Å². The molecule has 0 aromatic rings. The molecule has 0 rings (SSSR count). The predicted molar refractivity (Wildman–Crippen MR) is 42.8 cm³/mol. The molecular formula is C5H8N2O4S. The number of hydroxylamine groups is 1. The fourth-order valence-corrected chi connectivity index (χ4v) is 0.650. The Bertz CT molecular complexity index is 196. The van der Waals surface area contributed by atoms with E-state index < -0.39 is 12.0 Å². The van der Waals surface area contributed by atoms with Gasteiger partial charge in [-0.15, -0.1) is 0 Å². The molecule has 0 radical (unpaired) electrons. The van der Waals surface area contributed by atoms with Crippen molar-refractivity contribution < 1.29 is 19.9 Å². The zero-order valence-corrected chi connectivity index (χ0v) is 6.80. The SMILES string of the molecule is O=CCC(NC(=S)NO)C(=O)O. The van der Waals surface area contributed by atoms with Crippen LogP contribution in [0.1, 0.15) is 6.42 Å². The minimum Gasteiger partial charge on any atom is -0.480 e. The van der Waals surface area contributed by atoms with E-state index in [2.05, 4.69) is 17.5 Å². The molecule has 0 amide bonds. The summed E-state index contributed by atoms with van der Waals surface area (Å²) in [6.07, 6.45) is 0.239. The summed E-state index contributed by atoms with van der Waals surface area (Å²) in [5, 5.41) is 18.6. The highest BCUT2D eigenvalue weighted by Crippen LogP contribution is 1.88. The van der Waals surface area contributed by atoms with Crippen LogP contribution in [0.5, 0.6) is 0 Å². The molecule has 12 heavy (non-hydrogen) atoms. The fourth-order valence-electron chi connectivity index (χ4n) is 0.508. The molecule has 0 fully saturated rings. The van der Waals surface area contributed by atoms with Crippen LogP contribution in [0.25, 0.3) is 0 Å². The van der Waals surface area contributed by atoms with Crippen LogP contribution >= 0.6 is 12.2 Å². The largest absolute Gasteiger partial charge is 0.480 e. The molecule has 0 aliphatic carbocycles. The summed E-state index contributed by atoms with van der Waals surface area (Å²) in [6, 6.07) is -1.10. The molecule has 6 nitrogen and oxygen atoms in total. The summed E-state index contributed by atoms with van der Waals surface area (Å²) in [5.41, 5.74) is 1.55. The van der Waals surface area contributed by atoms with E-state index >= 15 is 0 Å². The predicted octanol–water partition coefficient (Wildman–Crippen LogP) is -1.12. The smallest absolute Gasteiger partial charge is 0.326 e. The van der Waals surface area contributed by atoms with E-state index in [0.717, 1.165) is 0 Å². The summed E-state index contributed by atoms with van der Waals surface area (Å²) < 4.78 is 0. The highest BCUT2D eigenvalue weighted by Gasteiger charge is 2.16. The molecule has 4 N–H and O–H groups in total. The maximum absolute atomic E-state index is 10.4. The van der Waals surface area contributed by atoms with Crippen molar-refractivity contribution in [1.82, 2.24) is 10.8 Å². The van der Waals surface area contributed by atoms with Crippen LogP contribution in [-0.2, 0) is 9.59 Å². The van der Waals surface area contributed by atoms with Crippen LogP contribution in [0.15, 0.2) is 0 Å². The van der Waals surface area contributed by atoms with E-state index in [1.807, 2.05) is 0 Å². The minimum absolute atomic E-state index is 0.211. The Hall–Kier alpha value is -1.21. The van der Waals surface area contributed by atoms with E-state index in [0.29, 0.717) is 6.29 Å². The molecule has 1 atom stereocenters. The number of hydrogen-bond donors (Lipinski definition) is 4. The van der Waals surface area contributed by atoms with Gasteiger partial charge in [0.05, 0.1) is 0 Å². The van der Waals surface area contributed by atoms with Crippen LogP contribution in [0.2, 0.25) is 0 Å². The van der Waals surface area contributed by atoms with E-state index in [1.165, 1.54) is 0 Å². The molecule has 7 heteroatoms. The number of carbonyl (C=O) groups is 2. The number of thiocarbonyl (C=S) groups is 1. The van der Waals surface area contributed by atoms with Gasteiger partial charge in [-0.25, -0.2) is 10.3 Å². The average Bonchev–Trinajstić information content (AvgIpc) is 2.03. The van der Waals surface area contributed by atoms with Crippen molar-refractivity contribution in [3.63, 3.8) is 0 Å². The van der Waals surface area contributed by atoms with Crippen molar-refractivity contribution in [3.8, 4) is 0 Å². The van der Waals surface area contributed by atoms with Gasteiger partial charge in [-0.3, -0.25) is 5.21 Å². The molecule has 1 unspecified atom stereocenters. The van der Waals surface area contributed by atoms with Gasteiger partial charge in [0.1, 0.15) is 12.3 Å². The number of rotatable bonds is 4. The first kappa shape index (κ1) is 10.8. The van der Waals surface area contributed by atoms with Crippen molar-refractivity contribution >= 4 is 29.6 Å². The van der Waals surface area contributed by atoms with Gasteiger partial charge in [0.2, 0.25) is 0 Å². The van der Waals surface area contributed by atoms with Crippen molar-refractivity contribution in [3.05, 3.63) is 0 Å². The second-order valence-corrected chi connectivity index (χ2v) is 2.29. The maximum atomic E-state index is 10.4. The molecule has 0 aliphatic heterocycles. The van der Waals surface area contributed by atoms with Crippen molar-refractivity contribution in [2.75, 3.05) is 0 Å². The lowest BCUT2D eigenvalue weighted by molar-refractivity contribution is -0.140. The molecule has 0 spiro atoms. The highest BCUT2D eigenvalue weighted by molar-refractivity contribution is 7.80. The fraction of sp³-hybridized carbons (Fsp3) is 0.400. The van der Waals surface area contributed by atoms with Crippen LogP contribution in [-0.4, -0.2) is 33.7 Å². The summed E-state index contributed by atoms with van der Waals surface area (Å²) in [4.78, 5) is 20.3. The summed E-state index contributed by atoms with van der Waals surface area (Å²) in [7, 11) is 0. The van der Waals surface area contributed by atoms with Crippen LogP contribution in [0.4, 0.5) is 0 Å². The number of aldehydes is 1. The third-order valence-corrected chi connectivity index (χ3v) is 1.25. The number of carbonyl (C=O) groups excluding carboxylic acids is 1. The van der Waals surface area contributed by atoms with Crippen LogP contribution < -0.4 is 10.8 Å². The molecule has 0 aromatic heterocycles. The summed E-state index contributed by atoms with van der Waals surface area (Å²) in [5.74, 6) is -1.21. The number of hydrogen-bond acceptors (Lipinski definition) is 4. The van der Waals surface area contributed by atoms with Crippen molar-refractivity contribution in [2.45, 2.75) is 12.5 Å². The molecule has 0 aromatic carbocycles. The Morgan fingerprint density at radius 3 is 2.58 bits per heavy atom. The second kappa shape index (κ2) is 5.44. The van der Waals surface area contributed by atoms with Gasteiger partial charge in [0.15, 0.2) is 5.11 Å². The topological polar surface area (TPSA) is 98.7 Å². The first-order valence-electron chi connectivity index (χ1n) is 2.99. The molecule has 0 heterocycles. The number of carboxylic acids is 1. The molecular weight excluding hydrogens is 184 g/mol. The Morgan fingerprint density at radius 1 is 1.67 bits per heavy atom. The zero-order valence-electron chi connectivity index (χ0n) is 5.98. The second-order valence-electron chi connectivity index (χ2n) is 1.88. The van der Waals surface area contributed by atoms with E-state index in [4.69, 9.17) is 10.3 Å². The lowest BCUT2D eigenvalue weighted by Crippen LogP contribution is -2.45. The van der Waals surface area contributed by atoms with E-state index in [-0.39, 0.29) is 11.5 Å². The molecule has 0 aliphatic rings. The molecule has 0 bridgehead atoms. The molecule has 0 saturated carbocycles. The van der Waals surface area contributed by atoms with Gasteiger partial charge in [0.25, 0.3) is 0 Å². The Balaban J connectivity index is 4.03. The summed E-state index contributed by atoms with van der Waals surface area (Å²) >= 11 is 4.41. The van der Waals surface area contributed by atoms with Gasteiger partial charge in [-0.05, 0) is 12.2 Å². The number of aliphatic carboxylic acids is 1. The Morgan fingerprint density at radius 2 is 2.25 bits per heavy atom. The Labute approximate surface area is 73.5 Å². The number of carboxylic acid groups (broad SMARTS) is 1. The van der Waals surface area contributed by atoms with Gasteiger partial charge >= 0.3 is 5.97 Å². The van der Waals surface area contributed by atoms with Crippen LogP contribution in [0, 0.1) is 0 Å². The molecule has 68 valence electrons. The lowest BCUT2D eigenvalue weighted by Gasteiger charge is -2.11. The summed E-state index contributed by atoms with van der Waals surface area (Å²) in [6.45, 7) is 0.